The standard InChI is InChI=1S/C20H26N4O3/c1-3-24-19(25)13-16(14-21-24)23-11-9-15(10-12-23)22-20(26)17-7-5-6-8-18(17)27-4-2/h5-8,13-15H,3-4,9-12H2,1-2H3,(H,22,26). The smallest absolute Gasteiger partial charge is 0.268 e. The van der Waals surface area contributed by atoms with Gasteiger partial charge in [0.1, 0.15) is 5.75 Å². The molecule has 0 bridgehead atoms. The minimum absolute atomic E-state index is 0.0852. The Bertz CT molecular complexity index is 841. The van der Waals surface area contributed by atoms with Crippen molar-refractivity contribution in [3.05, 3.63) is 52.4 Å². The largest absolute Gasteiger partial charge is 0.493 e. The van der Waals surface area contributed by atoms with Gasteiger partial charge < -0.3 is 15.0 Å². The highest BCUT2D eigenvalue weighted by Gasteiger charge is 2.23. The van der Waals surface area contributed by atoms with E-state index in [0.29, 0.717) is 24.5 Å². The SMILES string of the molecule is CCOc1ccccc1C(=O)NC1CCN(c2cnn(CC)c(=O)c2)CC1. The normalized spacial score (nSPS) is 14.8. The fourth-order valence-corrected chi connectivity index (χ4v) is 3.32. The zero-order valence-electron chi connectivity index (χ0n) is 15.9. The molecule has 1 saturated heterocycles. The lowest BCUT2D eigenvalue weighted by atomic mass is 10.0. The summed E-state index contributed by atoms with van der Waals surface area (Å²) in [6.45, 7) is 6.43. The lowest BCUT2D eigenvalue weighted by molar-refractivity contribution is 0.0927. The summed E-state index contributed by atoms with van der Waals surface area (Å²) in [6, 6.07) is 9.03. The van der Waals surface area contributed by atoms with Gasteiger partial charge in [-0.25, -0.2) is 4.68 Å². The highest BCUT2D eigenvalue weighted by Crippen LogP contribution is 2.21. The Morgan fingerprint density at radius 1 is 1.26 bits per heavy atom. The number of amides is 1. The topological polar surface area (TPSA) is 76.5 Å². The highest BCUT2D eigenvalue weighted by atomic mass is 16.5. The number of carbonyl (C=O) groups is 1. The van der Waals surface area contributed by atoms with Crippen molar-refractivity contribution in [1.82, 2.24) is 15.1 Å². The molecule has 7 nitrogen and oxygen atoms in total. The van der Waals surface area contributed by atoms with Gasteiger partial charge in [0.05, 0.1) is 24.1 Å². The molecule has 1 amide bonds. The van der Waals surface area contributed by atoms with Gasteiger partial charge in [-0.3, -0.25) is 9.59 Å². The number of para-hydroxylation sites is 1. The molecule has 1 fully saturated rings. The summed E-state index contributed by atoms with van der Waals surface area (Å²) in [6.07, 6.45) is 3.38. The van der Waals surface area contributed by atoms with E-state index in [1.165, 1.54) is 4.68 Å². The fraction of sp³-hybridized carbons (Fsp3) is 0.450. The molecule has 1 aromatic carbocycles. The molecule has 144 valence electrons. The molecule has 0 spiro atoms. The van der Waals surface area contributed by atoms with E-state index >= 15 is 0 Å². The number of aromatic nitrogens is 2. The molecule has 0 atom stereocenters. The first-order valence-corrected chi connectivity index (χ1v) is 9.47. The molecular formula is C20H26N4O3. The first-order chi connectivity index (χ1) is 13.1. The van der Waals surface area contributed by atoms with Gasteiger partial charge in [0.25, 0.3) is 11.5 Å². The lowest BCUT2D eigenvalue weighted by Crippen LogP contribution is -2.45. The first kappa shape index (κ1) is 18.9. The lowest BCUT2D eigenvalue weighted by Gasteiger charge is -2.33. The number of carbonyl (C=O) groups excluding carboxylic acids is 1. The maximum Gasteiger partial charge on any atom is 0.268 e. The predicted molar refractivity (Wildman–Crippen MR) is 104 cm³/mol. The van der Waals surface area contributed by atoms with Crippen LogP contribution in [0.1, 0.15) is 37.0 Å². The quantitative estimate of drug-likeness (QED) is 0.842. The summed E-state index contributed by atoms with van der Waals surface area (Å²) in [4.78, 5) is 26.7. The number of rotatable bonds is 6. The summed E-state index contributed by atoms with van der Waals surface area (Å²) < 4.78 is 6.98. The van der Waals surface area contributed by atoms with Crippen molar-refractivity contribution in [2.24, 2.45) is 0 Å². The molecule has 0 saturated carbocycles. The number of anilines is 1. The van der Waals surface area contributed by atoms with Gasteiger partial charge >= 0.3 is 0 Å². The Labute approximate surface area is 158 Å². The van der Waals surface area contributed by atoms with E-state index < -0.39 is 0 Å². The number of hydrogen-bond acceptors (Lipinski definition) is 5. The number of piperidine rings is 1. The number of nitrogens with one attached hydrogen (secondary N) is 1. The van der Waals surface area contributed by atoms with Gasteiger partial charge in [0.2, 0.25) is 0 Å². The zero-order chi connectivity index (χ0) is 19.2. The monoisotopic (exact) mass is 370 g/mol. The maximum atomic E-state index is 12.6. The van der Waals surface area contributed by atoms with Crippen LogP contribution in [-0.2, 0) is 6.54 Å². The third kappa shape index (κ3) is 4.48. The van der Waals surface area contributed by atoms with Crippen molar-refractivity contribution in [3.63, 3.8) is 0 Å². The van der Waals surface area contributed by atoms with Crippen LogP contribution in [0.2, 0.25) is 0 Å². The van der Waals surface area contributed by atoms with Crippen LogP contribution in [0.15, 0.2) is 41.3 Å². The van der Waals surface area contributed by atoms with E-state index in [4.69, 9.17) is 4.74 Å². The maximum absolute atomic E-state index is 12.6. The van der Waals surface area contributed by atoms with E-state index in [1.54, 1.807) is 18.3 Å². The predicted octanol–water partition coefficient (Wildman–Crippen LogP) is 2.06. The van der Waals surface area contributed by atoms with Gasteiger partial charge in [-0.2, -0.15) is 5.10 Å². The van der Waals surface area contributed by atoms with E-state index in [2.05, 4.69) is 15.3 Å². The van der Waals surface area contributed by atoms with Crippen molar-refractivity contribution in [2.75, 3.05) is 24.6 Å². The van der Waals surface area contributed by atoms with Crippen molar-refractivity contribution in [2.45, 2.75) is 39.3 Å². The van der Waals surface area contributed by atoms with Gasteiger partial charge in [0, 0.05) is 31.7 Å². The van der Waals surface area contributed by atoms with Gasteiger partial charge in [-0.15, -0.1) is 0 Å². The van der Waals surface area contributed by atoms with E-state index in [9.17, 15) is 9.59 Å². The zero-order valence-corrected chi connectivity index (χ0v) is 15.9. The van der Waals surface area contributed by atoms with E-state index in [1.807, 2.05) is 32.0 Å². The molecule has 1 N–H and O–H groups in total. The summed E-state index contributed by atoms with van der Waals surface area (Å²) in [5.74, 6) is 0.502. The Kier molecular flexibility index (Phi) is 6.11. The minimum Gasteiger partial charge on any atom is -0.493 e. The molecule has 1 aromatic heterocycles. The number of benzene rings is 1. The molecule has 0 unspecified atom stereocenters. The summed E-state index contributed by atoms with van der Waals surface area (Å²) in [7, 11) is 0. The third-order valence-corrected chi connectivity index (χ3v) is 4.78. The van der Waals surface area contributed by atoms with Gasteiger partial charge in [0.15, 0.2) is 0 Å². The Balaban J connectivity index is 1.59. The van der Waals surface area contributed by atoms with Gasteiger partial charge in [-0.05, 0) is 38.8 Å². The first-order valence-electron chi connectivity index (χ1n) is 9.47. The average molecular weight is 370 g/mol. The second-order valence-corrected chi connectivity index (χ2v) is 6.53. The molecule has 1 aliphatic rings. The fourth-order valence-electron chi connectivity index (χ4n) is 3.32. The van der Waals surface area contributed by atoms with Crippen molar-refractivity contribution < 1.29 is 9.53 Å². The third-order valence-electron chi connectivity index (χ3n) is 4.78. The number of aryl methyl sites for hydroxylation is 1. The van der Waals surface area contributed by atoms with E-state index in [-0.39, 0.29) is 17.5 Å². The molecule has 1 aliphatic heterocycles. The molecule has 0 aliphatic carbocycles. The van der Waals surface area contributed by atoms with Crippen LogP contribution in [0.4, 0.5) is 5.69 Å². The second kappa shape index (κ2) is 8.70. The number of nitrogens with zero attached hydrogens (tertiary/aromatic N) is 3. The molecule has 2 heterocycles. The summed E-state index contributed by atoms with van der Waals surface area (Å²) in [5.41, 5.74) is 1.32. The van der Waals surface area contributed by atoms with Crippen molar-refractivity contribution in [1.29, 1.82) is 0 Å². The second-order valence-electron chi connectivity index (χ2n) is 6.53. The van der Waals surface area contributed by atoms with E-state index in [0.717, 1.165) is 31.6 Å². The highest BCUT2D eigenvalue weighted by molar-refractivity contribution is 5.97. The van der Waals surface area contributed by atoms with Gasteiger partial charge in [-0.1, -0.05) is 12.1 Å². The Morgan fingerprint density at radius 3 is 2.67 bits per heavy atom. The van der Waals surface area contributed by atoms with Crippen LogP contribution in [0.3, 0.4) is 0 Å². The molecule has 7 heteroatoms. The molecule has 3 rings (SSSR count). The molecule has 2 aromatic rings. The van der Waals surface area contributed by atoms with Crippen LogP contribution in [0.25, 0.3) is 0 Å². The van der Waals surface area contributed by atoms with Crippen LogP contribution < -0.4 is 20.5 Å². The minimum atomic E-state index is -0.107. The van der Waals surface area contributed by atoms with Crippen molar-refractivity contribution in [3.8, 4) is 5.75 Å². The Morgan fingerprint density at radius 2 is 2.00 bits per heavy atom. The summed E-state index contributed by atoms with van der Waals surface area (Å²) in [5, 5.41) is 7.29. The van der Waals surface area contributed by atoms with Crippen molar-refractivity contribution >= 4 is 11.6 Å². The average Bonchev–Trinajstić information content (AvgIpc) is 2.69. The number of ether oxygens (including phenoxy) is 1. The molecule has 27 heavy (non-hydrogen) atoms. The number of hydrogen-bond donors (Lipinski definition) is 1. The molecular weight excluding hydrogens is 344 g/mol. The molecule has 0 radical (unpaired) electrons. The summed E-state index contributed by atoms with van der Waals surface area (Å²) >= 11 is 0. The van der Waals surface area contributed by atoms with Crippen LogP contribution in [0.5, 0.6) is 5.75 Å². The Hall–Kier alpha value is -2.83. The van der Waals surface area contributed by atoms with Crippen LogP contribution in [-0.4, -0.2) is 41.4 Å². The van der Waals surface area contributed by atoms with Crippen LogP contribution >= 0.6 is 0 Å². The van der Waals surface area contributed by atoms with Crippen LogP contribution in [0, 0.1) is 0 Å².